The van der Waals surface area contributed by atoms with Crippen LogP contribution < -0.4 is 10.3 Å². The summed E-state index contributed by atoms with van der Waals surface area (Å²) in [5.41, 5.74) is 1.57. The summed E-state index contributed by atoms with van der Waals surface area (Å²) < 4.78 is 34.4. The average Bonchev–Trinajstić information content (AvgIpc) is 2.83. The van der Waals surface area contributed by atoms with Crippen molar-refractivity contribution in [2.75, 3.05) is 38.2 Å². The van der Waals surface area contributed by atoms with E-state index in [1.807, 2.05) is 13.8 Å². The number of alkyl halides is 1. The second-order valence-electron chi connectivity index (χ2n) is 8.88. The molecule has 2 aromatic rings. The van der Waals surface area contributed by atoms with Crippen LogP contribution in [0.3, 0.4) is 0 Å². The lowest BCUT2D eigenvalue weighted by molar-refractivity contribution is 0.216. The molecule has 1 aliphatic rings. The fourth-order valence-corrected chi connectivity index (χ4v) is 5.78. The van der Waals surface area contributed by atoms with E-state index in [9.17, 15) is 13.2 Å². The molecule has 0 radical (unpaired) electrons. The van der Waals surface area contributed by atoms with E-state index in [-0.39, 0.29) is 16.4 Å². The van der Waals surface area contributed by atoms with Crippen LogP contribution in [0, 0.1) is 0 Å². The number of aromatic amines is 1. The molecule has 1 aromatic heterocycles. The minimum absolute atomic E-state index is 0.0529. The highest BCUT2D eigenvalue weighted by molar-refractivity contribution is 9.09. The van der Waals surface area contributed by atoms with Gasteiger partial charge in [-0.1, -0.05) is 56.0 Å². The molecule has 10 heteroatoms. The number of aromatic nitrogens is 2. The van der Waals surface area contributed by atoms with Crippen molar-refractivity contribution in [3.63, 3.8) is 0 Å². The first-order valence-electron chi connectivity index (χ1n) is 11.9. The number of H-pyrrole nitrogens is 1. The van der Waals surface area contributed by atoms with Gasteiger partial charge in [0.2, 0.25) is 10.0 Å². The molecular weight excluding hydrogens is 520 g/mol. The van der Waals surface area contributed by atoms with Gasteiger partial charge in [-0.3, -0.25) is 9.69 Å². The Morgan fingerprint density at radius 3 is 2.50 bits per heavy atom. The molecule has 1 fully saturated rings. The molecule has 0 spiro atoms. The van der Waals surface area contributed by atoms with Crippen molar-refractivity contribution in [3.05, 3.63) is 40.3 Å². The van der Waals surface area contributed by atoms with Crippen molar-refractivity contribution in [1.29, 1.82) is 0 Å². The smallest absolute Gasteiger partial charge is 0.251 e. The van der Waals surface area contributed by atoms with E-state index >= 15 is 0 Å². The quantitative estimate of drug-likeness (QED) is 0.254. The van der Waals surface area contributed by atoms with E-state index in [0.717, 1.165) is 31.1 Å². The number of benzene rings is 1. The van der Waals surface area contributed by atoms with Gasteiger partial charge in [0, 0.05) is 32.2 Å². The third-order valence-electron chi connectivity index (χ3n) is 5.95. The molecule has 0 atom stereocenters. The maximum Gasteiger partial charge on any atom is 0.251 e. The van der Waals surface area contributed by atoms with Crippen molar-refractivity contribution in [3.8, 4) is 17.1 Å². The topological polar surface area (TPSA) is 95.6 Å². The van der Waals surface area contributed by atoms with Crippen molar-refractivity contribution in [1.82, 2.24) is 19.2 Å². The molecule has 0 amide bonds. The molecule has 1 N–H and O–H groups in total. The van der Waals surface area contributed by atoms with E-state index in [0.29, 0.717) is 55.6 Å². The average molecular weight is 556 g/mol. The lowest BCUT2D eigenvalue weighted by atomic mass is 10.1. The molecule has 2 heterocycles. The molecule has 3 rings (SSSR count). The first-order chi connectivity index (χ1) is 16.3. The Kier molecular flexibility index (Phi) is 9.70. The zero-order valence-corrected chi connectivity index (χ0v) is 22.6. The number of hydrogen-bond donors (Lipinski definition) is 1. The predicted molar refractivity (Wildman–Crippen MR) is 138 cm³/mol. The minimum Gasteiger partial charge on any atom is -0.493 e. The van der Waals surface area contributed by atoms with Crippen molar-refractivity contribution in [2.45, 2.75) is 57.3 Å². The largest absolute Gasteiger partial charge is 0.493 e. The summed E-state index contributed by atoms with van der Waals surface area (Å²) in [4.78, 5) is 22.1. The second kappa shape index (κ2) is 12.3. The van der Waals surface area contributed by atoms with Crippen LogP contribution in [0.4, 0.5) is 0 Å². The molecule has 1 saturated heterocycles. The highest BCUT2D eigenvalue weighted by Crippen LogP contribution is 2.32. The van der Waals surface area contributed by atoms with Crippen LogP contribution in [0.5, 0.6) is 5.75 Å². The standard InChI is InChI=1S/C24H35BrN4O4S/c1-4-5-6-7-14-33-22-9-8-19(34(31,32)29-12-10-28(17-25)11-13-29)15-20(22)24-26-21(18(2)3)16-23(30)27-24/h8-9,15-16,18H,4-7,10-14,17H2,1-3H3,(H,26,27,30). The van der Waals surface area contributed by atoms with Gasteiger partial charge in [-0.05, 0) is 30.5 Å². The van der Waals surface area contributed by atoms with Crippen LogP contribution in [-0.2, 0) is 10.0 Å². The molecule has 34 heavy (non-hydrogen) atoms. The SMILES string of the molecule is CCCCCCOc1ccc(S(=O)(=O)N2CCN(CBr)CC2)cc1-c1nc(C(C)C)cc(=O)[nH]1. The normalized spacial score (nSPS) is 15.7. The van der Waals surface area contributed by atoms with Gasteiger partial charge in [0.15, 0.2) is 0 Å². The summed E-state index contributed by atoms with van der Waals surface area (Å²) in [7, 11) is -3.69. The Labute approximate surface area is 210 Å². The third-order valence-corrected chi connectivity index (χ3v) is 8.56. The summed E-state index contributed by atoms with van der Waals surface area (Å²) in [6, 6.07) is 6.32. The molecule has 1 aliphatic heterocycles. The Hall–Kier alpha value is -1.75. The van der Waals surface area contributed by atoms with Crippen molar-refractivity contribution < 1.29 is 13.2 Å². The van der Waals surface area contributed by atoms with Crippen LogP contribution in [0.1, 0.15) is 58.1 Å². The fraction of sp³-hybridized carbons (Fsp3) is 0.583. The van der Waals surface area contributed by atoms with Gasteiger partial charge in [0.1, 0.15) is 11.6 Å². The number of ether oxygens (including phenoxy) is 1. The minimum atomic E-state index is -3.69. The Balaban J connectivity index is 1.97. The summed E-state index contributed by atoms with van der Waals surface area (Å²) in [5, 5.41) is 0. The van der Waals surface area contributed by atoms with E-state index in [1.54, 1.807) is 18.2 Å². The van der Waals surface area contributed by atoms with Gasteiger partial charge >= 0.3 is 0 Å². The Morgan fingerprint density at radius 1 is 1.12 bits per heavy atom. The van der Waals surface area contributed by atoms with Gasteiger partial charge in [0.05, 0.1) is 28.2 Å². The fourth-order valence-electron chi connectivity index (χ4n) is 3.83. The van der Waals surface area contributed by atoms with Crippen LogP contribution in [0.25, 0.3) is 11.4 Å². The lowest BCUT2D eigenvalue weighted by Gasteiger charge is -2.32. The zero-order valence-electron chi connectivity index (χ0n) is 20.2. The van der Waals surface area contributed by atoms with E-state index in [1.165, 1.54) is 10.4 Å². The molecular formula is C24H35BrN4O4S. The highest BCUT2D eigenvalue weighted by Gasteiger charge is 2.29. The van der Waals surface area contributed by atoms with Gasteiger partial charge in [-0.2, -0.15) is 4.31 Å². The number of rotatable bonds is 11. The molecule has 0 bridgehead atoms. The summed E-state index contributed by atoms with van der Waals surface area (Å²) in [6.45, 7) is 8.79. The molecule has 0 aliphatic carbocycles. The number of unbranched alkanes of at least 4 members (excludes halogenated alkanes) is 3. The van der Waals surface area contributed by atoms with Crippen LogP contribution in [0.15, 0.2) is 34.0 Å². The number of nitrogens with zero attached hydrogens (tertiary/aromatic N) is 3. The number of nitrogens with one attached hydrogen (secondary N) is 1. The third kappa shape index (κ3) is 6.68. The maximum absolute atomic E-state index is 13.4. The molecule has 8 nitrogen and oxygen atoms in total. The number of sulfonamides is 1. The Morgan fingerprint density at radius 2 is 1.85 bits per heavy atom. The summed E-state index contributed by atoms with van der Waals surface area (Å²) in [5.74, 6) is 0.890. The molecule has 1 aromatic carbocycles. The molecule has 0 saturated carbocycles. The summed E-state index contributed by atoms with van der Waals surface area (Å²) in [6.07, 6.45) is 4.24. The van der Waals surface area contributed by atoms with Crippen molar-refractivity contribution in [2.24, 2.45) is 0 Å². The van der Waals surface area contributed by atoms with E-state index in [2.05, 4.69) is 37.7 Å². The van der Waals surface area contributed by atoms with E-state index < -0.39 is 10.0 Å². The summed E-state index contributed by atoms with van der Waals surface area (Å²) >= 11 is 3.43. The molecule has 188 valence electrons. The zero-order chi connectivity index (χ0) is 24.7. The predicted octanol–water partition coefficient (Wildman–Crippen LogP) is 4.18. The maximum atomic E-state index is 13.4. The molecule has 0 unspecified atom stereocenters. The van der Waals surface area contributed by atoms with Crippen LogP contribution >= 0.6 is 15.9 Å². The second-order valence-corrected chi connectivity index (χ2v) is 11.3. The number of hydrogen-bond acceptors (Lipinski definition) is 6. The van der Waals surface area contributed by atoms with E-state index in [4.69, 9.17) is 4.74 Å². The Bertz CT molecular complexity index is 1110. The lowest BCUT2D eigenvalue weighted by Crippen LogP contribution is -2.48. The number of piperazine rings is 1. The first kappa shape index (κ1) is 26.8. The van der Waals surface area contributed by atoms with Crippen molar-refractivity contribution >= 4 is 26.0 Å². The van der Waals surface area contributed by atoms with Gasteiger partial charge in [0.25, 0.3) is 5.56 Å². The van der Waals surface area contributed by atoms with Gasteiger partial charge < -0.3 is 9.72 Å². The number of halogens is 1. The monoisotopic (exact) mass is 554 g/mol. The van der Waals surface area contributed by atoms with Gasteiger partial charge in [-0.25, -0.2) is 13.4 Å². The first-order valence-corrected chi connectivity index (χ1v) is 14.5. The van der Waals surface area contributed by atoms with Gasteiger partial charge in [-0.15, -0.1) is 0 Å². The van der Waals surface area contributed by atoms with Crippen LogP contribution in [-0.4, -0.2) is 65.8 Å². The van der Waals surface area contributed by atoms with Crippen LogP contribution in [0.2, 0.25) is 0 Å². The highest BCUT2D eigenvalue weighted by atomic mass is 79.9.